The molecular formula is C11H21NO4. The van der Waals surface area contributed by atoms with E-state index in [9.17, 15) is 9.59 Å². The van der Waals surface area contributed by atoms with Gasteiger partial charge in [-0.15, -0.1) is 0 Å². The van der Waals surface area contributed by atoms with Gasteiger partial charge in [0.2, 0.25) is 0 Å². The Morgan fingerprint density at radius 3 is 2.06 bits per heavy atom. The Balaban J connectivity index is 4.53. The van der Waals surface area contributed by atoms with Crippen LogP contribution in [0.25, 0.3) is 0 Å². The van der Waals surface area contributed by atoms with Crippen LogP contribution >= 0.6 is 0 Å². The molecular weight excluding hydrogens is 210 g/mol. The molecule has 0 saturated carbocycles. The minimum atomic E-state index is -0.688. The van der Waals surface area contributed by atoms with Gasteiger partial charge >= 0.3 is 6.09 Å². The maximum absolute atomic E-state index is 11.4. The first kappa shape index (κ1) is 14.9. The molecule has 0 aromatic rings. The SMILES string of the molecule is COC(=O)N[C@@H](C(C)=O)[C@@H](C)OC(C)(C)C. The third-order valence-corrected chi connectivity index (χ3v) is 1.91. The highest BCUT2D eigenvalue weighted by atomic mass is 16.5. The lowest BCUT2D eigenvalue weighted by atomic mass is 10.1. The lowest BCUT2D eigenvalue weighted by Crippen LogP contribution is -2.49. The third-order valence-electron chi connectivity index (χ3n) is 1.91. The molecule has 2 atom stereocenters. The lowest BCUT2D eigenvalue weighted by molar-refractivity contribution is -0.126. The van der Waals surface area contributed by atoms with Crippen molar-refractivity contribution in [1.82, 2.24) is 5.32 Å². The van der Waals surface area contributed by atoms with E-state index >= 15 is 0 Å². The summed E-state index contributed by atoms with van der Waals surface area (Å²) < 4.78 is 10.1. The number of amides is 1. The molecule has 0 unspecified atom stereocenters. The first-order valence-electron chi connectivity index (χ1n) is 5.20. The second-order valence-electron chi connectivity index (χ2n) is 4.66. The van der Waals surface area contributed by atoms with Crippen molar-refractivity contribution in [3.63, 3.8) is 0 Å². The van der Waals surface area contributed by atoms with Gasteiger partial charge in [-0.2, -0.15) is 0 Å². The molecule has 94 valence electrons. The fourth-order valence-electron chi connectivity index (χ4n) is 1.36. The summed E-state index contributed by atoms with van der Waals surface area (Å²) in [4.78, 5) is 22.4. The van der Waals surface area contributed by atoms with Crippen molar-refractivity contribution in [3.05, 3.63) is 0 Å². The second kappa shape index (κ2) is 5.84. The van der Waals surface area contributed by atoms with Crippen LogP contribution in [0, 0.1) is 0 Å². The van der Waals surface area contributed by atoms with Crippen molar-refractivity contribution in [2.24, 2.45) is 0 Å². The number of alkyl carbamates (subject to hydrolysis) is 1. The van der Waals surface area contributed by atoms with E-state index in [-0.39, 0.29) is 11.4 Å². The molecule has 0 aliphatic carbocycles. The average Bonchev–Trinajstić information content (AvgIpc) is 2.09. The van der Waals surface area contributed by atoms with E-state index < -0.39 is 18.2 Å². The van der Waals surface area contributed by atoms with Crippen molar-refractivity contribution in [3.8, 4) is 0 Å². The lowest BCUT2D eigenvalue weighted by Gasteiger charge is -2.29. The van der Waals surface area contributed by atoms with Gasteiger partial charge in [-0.05, 0) is 34.6 Å². The predicted molar refractivity (Wildman–Crippen MR) is 60.3 cm³/mol. The van der Waals surface area contributed by atoms with Gasteiger partial charge in [-0.3, -0.25) is 4.79 Å². The van der Waals surface area contributed by atoms with E-state index in [2.05, 4.69) is 10.1 Å². The fourth-order valence-corrected chi connectivity index (χ4v) is 1.36. The Bertz CT molecular complexity index is 257. The number of hydrogen-bond acceptors (Lipinski definition) is 4. The number of rotatable bonds is 4. The number of ether oxygens (including phenoxy) is 2. The van der Waals surface area contributed by atoms with Crippen LogP contribution in [0.3, 0.4) is 0 Å². The smallest absolute Gasteiger partial charge is 0.407 e. The standard InChI is InChI=1S/C11H21NO4/c1-7(13)9(12-10(14)15-6)8(2)16-11(3,4)5/h8-9H,1-6H3,(H,12,14)/t8-,9+/m1/s1. The monoisotopic (exact) mass is 231 g/mol. The van der Waals surface area contributed by atoms with Crippen LogP contribution in [-0.4, -0.2) is 36.7 Å². The maximum Gasteiger partial charge on any atom is 0.407 e. The Labute approximate surface area is 96.5 Å². The van der Waals surface area contributed by atoms with Gasteiger partial charge in [-0.25, -0.2) is 4.79 Å². The minimum absolute atomic E-state index is 0.165. The molecule has 0 aliphatic heterocycles. The highest BCUT2D eigenvalue weighted by molar-refractivity contribution is 5.85. The third kappa shape index (κ3) is 5.70. The van der Waals surface area contributed by atoms with Gasteiger partial charge in [0, 0.05) is 0 Å². The van der Waals surface area contributed by atoms with Crippen LogP contribution in [0.2, 0.25) is 0 Å². The zero-order valence-corrected chi connectivity index (χ0v) is 10.8. The summed E-state index contributed by atoms with van der Waals surface area (Å²) in [6.45, 7) is 8.81. The van der Waals surface area contributed by atoms with Crippen LogP contribution in [0.5, 0.6) is 0 Å². The molecule has 1 N–H and O–H groups in total. The normalized spacial score (nSPS) is 15.1. The Morgan fingerprint density at radius 1 is 1.25 bits per heavy atom. The summed E-state index contributed by atoms with van der Waals surface area (Å²) in [6.07, 6.45) is -1.04. The Hall–Kier alpha value is -1.10. The number of hydrogen-bond donors (Lipinski definition) is 1. The van der Waals surface area contributed by atoms with Crippen LogP contribution in [0.15, 0.2) is 0 Å². The molecule has 0 radical (unpaired) electrons. The summed E-state index contributed by atoms with van der Waals surface area (Å²) in [6, 6.07) is -0.688. The first-order chi connectivity index (χ1) is 7.17. The van der Waals surface area contributed by atoms with Crippen molar-refractivity contribution < 1.29 is 19.1 Å². The van der Waals surface area contributed by atoms with Gasteiger partial charge in [0.05, 0.1) is 18.8 Å². The zero-order valence-electron chi connectivity index (χ0n) is 10.8. The molecule has 5 nitrogen and oxygen atoms in total. The van der Waals surface area contributed by atoms with Gasteiger partial charge in [-0.1, -0.05) is 0 Å². The molecule has 0 heterocycles. The second-order valence-corrected chi connectivity index (χ2v) is 4.66. The predicted octanol–water partition coefficient (Wildman–Crippen LogP) is 1.50. The molecule has 16 heavy (non-hydrogen) atoms. The number of carbonyl (C=O) groups is 2. The van der Waals surface area contributed by atoms with Crippen molar-refractivity contribution in [1.29, 1.82) is 0 Å². The number of carbonyl (C=O) groups excluding carboxylic acids is 2. The Morgan fingerprint density at radius 2 is 1.75 bits per heavy atom. The van der Waals surface area contributed by atoms with Crippen molar-refractivity contribution >= 4 is 11.9 Å². The number of ketones is 1. The molecule has 0 aromatic carbocycles. The first-order valence-corrected chi connectivity index (χ1v) is 5.20. The molecule has 0 spiro atoms. The molecule has 1 amide bonds. The van der Waals surface area contributed by atoms with E-state index in [0.29, 0.717) is 0 Å². The topological polar surface area (TPSA) is 64.6 Å². The van der Waals surface area contributed by atoms with E-state index in [4.69, 9.17) is 4.74 Å². The summed E-state index contributed by atoms with van der Waals surface area (Å²) in [5.41, 5.74) is -0.370. The van der Waals surface area contributed by atoms with Gasteiger partial charge in [0.1, 0.15) is 6.04 Å². The van der Waals surface area contributed by atoms with Crippen LogP contribution in [-0.2, 0) is 14.3 Å². The molecule has 0 saturated heterocycles. The number of methoxy groups -OCH3 is 1. The van der Waals surface area contributed by atoms with Crippen molar-refractivity contribution in [2.75, 3.05) is 7.11 Å². The quantitative estimate of drug-likeness (QED) is 0.796. The molecule has 5 heteroatoms. The molecule has 0 rings (SSSR count). The molecule has 0 aliphatic rings. The maximum atomic E-state index is 11.4. The number of nitrogens with one attached hydrogen (secondary N) is 1. The zero-order chi connectivity index (χ0) is 12.9. The van der Waals surface area contributed by atoms with Gasteiger partial charge < -0.3 is 14.8 Å². The van der Waals surface area contributed by atoms with E-state index in [1.54, 1.807) is 6.92 Å². The largest absolute Gasteiger partial charge is 0.453 e. The highest BCUT2D eigenvalue weighted by Crippen LogP contribution is 2.13. The summed E-state index contributed by atoms with van der Waals surface area (Å²) in [5.74, 6) is -0.165. The van der Waals surface area contributed by atoms with Crippen LogP contribution in [0.4, 0.5) is 4.79 Å². The van der Waals surface area contributed by atoms with Crippen LogP contribution < -0.4 is 5.32 Å². The molecule has 0 aromatic heterocycles. The average molecular weight is 231 g/mol. The summed E-state index contributed by atoms with van der Waals surface area (Å²) in [7, 11) is 1.25. The van der Waals surface area contributed by atoms with Crippen LogP contribution in [0.1, 0.15) is 34.6 Å². The van der Waals surface area contributed by atoms with E-state index in [1.807, 2.05) is 20.8 Å². The van der Waals surface area contributed by atoms with Crippen molar-refractivity contribution in [2.45, 2.75) is 52.4 Å². The Kier molecular flexibility index (Phi) is 5.44. The summed E-state index contributed by atoms with van der Waals surface area (Å²) in [5, 5.41) is 2.45. The fraction of sp³-hybridized carbons (Fsp3) is 0.818. The van der Waals surface area contributed by atoms with Gasteiger partial charge in [0.15, 0.2) is 5.78 Å². The van der Waals surface area contributed by atoms with Gasteiger partial charge in [0.25, 0.3) is 0 Å². The molecule has 0 bridgehead atoms. The highest BCUT2D eigenvalue weighted by Gasteiger charge is 2.28. The number of Topliss-reactive ketones (excluding diaryl/α,β-unsaturated/α-hetero) is 1. The molecule has 0 fully saturated rings. The van der Waals surface area contributed by atoms with E-state index in [0.717, 1.165) is 0 Å². The summed E-state index contributed by atoms with van der Waals surface area (Å²) >= 11 is 0. The van der Waals surface area contributed by atoms with E-state index in [1.165, 1.54) is 14.0 Å². The minimum Gasteiger partial charge on any atom is -0.453 e.